The average Bonchev–Trinajstić information content (AvgIpc) is 2.95. The van der Waals surface area contributed by atoms with Gasteiger partial charge in [0.05, 0.1) is 0 Å². The maximum absolute atomic E-state index is 6.90. The SMILES string of the molecule is C=Cc1ccc(-c2ccccc2)c(Cc2ccc(Cc3cc(C=C)ccc3-c3ccccc3)c(Cl)c2)c1. The minimum Gasteiger partial charge on any atom is -0.0985 e. The van der Waals surface area contributed by atoms with E-state index in [2.05, 4.69) is 116 Å². The van der Waals surface area contributed by atoms with E-state index in [1.54, 1.807) is 0 Å². The Morgan fingerprint density at radius 3 is 1.51 bits per heavy atom. The van der Waals surface area contributed by atoms with Crippen LogP contribution in [0.25, 0.3) is 34.4 Å². The monoisotopic (exact) mass is 496 g/mol. The van der Waals surface area contributed by atoms with Gasteiger partial charge in [-0.2, -0.15) is 0 Å². The standard InChI is InChI=1S/C36H29Cl/c1-3-26-16-19-34(29-11-7-5-8-12-29)32(21-26)23-28-15-18-31(36(37)24-28)25-33-22-27(4-2)17-20-35(33)30-13-9-6-10-14-30/h3-22,24H,1-2,23,25H2. The molecule has 0 unspecified atom stereocenters. The van der Waals surface area contributed by atoms with E-state index in [0.717, 1.165) is 34.6 Å². The molecular formula is C36H29Cl. The van der Waals surface area contributed by atoms with E-state index in [1.807, 2.05) is 24.3 Å². The van der Waals surface area contributed by atoms with Gasteiger partial charge in [0.15, 0.2) is 0 Å². The molecule has 0 bridgehead atoms. The summed E-state index contributed by atoms with van der Waals surface area (Å²) in [6, 6.07) is 40.6. The van der Waals surface area contributed by atoms with Crippen molar-refractivity contribution in [1.82, 2.24) is 0 Å². The number of hydrogen-bond donors (Lipinski definition) is 0. The molecule has 0 atom stereocenters. The molecule has 0 saturated heterocycles. The number of rotatable bonds is 8. The van der Waals surface area contributed by atoms with Crippen LogP contribution in [0, 0.1) is 0 Å². The Labute approximate surface area is 225 Å². The fourth-order valence-corrected chi connectivity index (χ4v) is 5.11. The second-order valence-corrected chi connectivity index (χ2v) is 9.66. The number of hydrogen-bond acceptors (Lipinski definition) is 0. The summed E-state index contributed by atoms with van der Waals surface area (Å²) < 4.78 is 0. The Morgan fingerprint density at radius 1 is 0.514 bits per heavy atom. The van der Waals surface area contributed by atoms with Gasteiger partial charge in [0.25, 0.3) is 0 Å². The highest BCUT2D eigenvalue weighted by molar-refractivity contribution is 6.31. The molecule has 5 aromatic carbocycles. The predicted octanol–water partition coefficient (Wildman–Crippen LogP) is 10.1. The smallest absolute Gasteiger partial charge is 0.0444 e. The van der Waals surface area contributed by atoms with Crippen molar-refractivity contribution < 1.29 is 0 Å². The van der Waals surface area contributed by atoms with Gasteiger partial charge in [-0.15, -0.1) is 0 Å². The summed E-state index contributed by atoms with van der Waals surface area (Å²) in [6.45, 7) is 7.92. The zero-order chi connectivity index (χ0) is 25.6. The first-order valence-electron chi connectivity index (χ1n) is 12.5. The quantitative estimate of drug-likeness (QED) is 0.200. The van der Waals surface area contributed by atoms with Gasteiger partial charge >= 0.3 is 0 Å². The van der Waals surface area contributed by atoms with Crippen LogP contribution in [0.1, 0.15) is 33.4 Å². The lowest BCUT2D eigenvalue weighted by Crippen LogP contribution is -1.97. The Morgan fingerprint density at radius 2 is 1.03 bits per heavy atom. The molecule has 0 heterocycles. The summed E-state index contributed by atoms with van der Waals surface area (Å²) in [5, 5.41) is 0.793. The Bertz CT molecular complexity index is 1550. The van der Waals surface area contributed by atoms with E-state index in [0.29, 0.717) is 0 Å². The van der Waals surface area contributed by atoms with Gasteiger partial charge < -0.3 is 0 Å². The Hall–Kier alpha value is -4.13. The molecule has 0 spiro atoms. The molecule has 0 nitrogen and oxygen atoms in total. The molecule has 180 valence electrons. The first-order valence-corrected chi connectivity index (χ1v) is 12.9. The van der Waals surface area contributed by atoms with Gasteiger partial charge in [-0.3, -0.25) is 0 Å². The minimum atomic E-state index is 0.756. The van der Waals surface area contributed by atoms with Crippen molar-refractivity contribution in [2.24, 2.45) is 0 Å². The van der Waals surface area contributed by atoms with Crippen molar-refractivity contribution in [2.45, 2.75) is 12.8 Å². The summed E-state index contributed by atoms with van der Waals surface area (Å²) in [7, 11) is 0. The van der Waals surface area contributed by atoms with Crippen molar-refractivity contribution in [3.05, 3.63) is 167 Å². The van der Waals surface area contributed by atoms with E-state index in [9.17, 15) is 0 Å². The van der Waals surface area contributed by atoms with Crippen LogP contribution in [0.2, 0.25) is 5.02 Å². The lowest BCUT2D eigenvalue weighted by Gasteiger charge is -2.15. The average molecular weight is 497 g/mol. The summed E-state index contributed by atoms with van der Waals surface area (Å²) in [6.07, 6.45) is 5.35. The maximum atomic E-state index is 6.90. The summed E-state index contributed by atoms with van der Waals surface area (Å²) in [5.74, 6) is 0. The molecule has 0 aliphatic rings. The van der Waals surface area contributed by atoms with Gasteiger partial charge in [0.2, 0.25) is 0 Å². The third kappa shape index (κ3) is 5.66. The summed E-state index contributed by atoms with van der Waals surface area (Å²) in [5.41, 5.74) is 11.9. The van der Waals surface area contributed by atoms with Gasteiger partial charge in [0.1, 0.15) is 0 Å². The largest absolute Gasteiger partial charge is 0.0985 e. The fraction of sp³-hybridized carbons (Fsp3) is 0.0556. The van der Waals surface area contributed by atoms with Gasteiger partial charge in [-0.1, -0.05) is 146 Å². The minimum absolute atomic E-state index is 0.756. The molecular weight excluding hydrogens is 468 g/mol. The van der Waals surface area contributed by atoms with E-state index in [1.165, 1.54) is 38.9 Å². The molecule has 0 aromatic heterocycles. The van der Waals surface area contributed by atoms with Crippen LogP contribution < -0.4 is 0 Å². The van der Waals surface area contributed by atoms with Crippen LogP contribution in [-0.2, 0) is 12.8 Å². The third-order valence-electron chi connectivity index (χ3n) is 6.79. The zero-order valence-electron chi connectivity index (χ0n) is 20.8. The molecule has 5 aromatic rings. The molecule has 0 radical (unpaired) electrons. The second kappa shape index (κ2) is 11.3. The molecule has 1 heteroatoms. The molecule has 0 fully saturated rings. The Kier molecular flexibility index (Phi) is 7.49. The number of halogens is 1. The molecule has 37 heavy (non-hydrogen) atoms. The van der Waals surface area contributed by atoms with Gasteiger partial charge in [-0.25, -0.2) is 0 Å². The van der Waals surface area contributed by atoms with E-state index >= 15 is 0 Å². The van der Waals surface area contributed by atoms with Crippen molar-refractivity contribution in [3.63, 3.8) is 0 Å². The van der Waals surface area contributed by atoms with Crippen LogP contribution in [0.4, 0.5) is 0 Å². The Balaban J connectivity index is 1.46. The highest BCUT2D eigenvalue weighted by Crippen LogP contribution is 2.31. The maximum Gasteiger partial charge on any atom is 0.0444 e. The molecule has 0 saturated carbocycles. The summed E-state index contributed by atoms with van der Waals surface area (Å²) in [4.78, 5) is 0. The highest BCUT2D eigenvalue weighted by Gasteiger charge is 2.12. The van der Waals surface area contributed by atoms with Crippen LogP contribution in [0.3, 0.4) is 0 Å². The zero-order valence-corrected chi connectivity index (χ0v) is 21.6. The van der Waals surface area contributed by atoms with Crippen LogP contribution in [0.5, 0.6) is 0 Å². The molecule has 0 aliphatic heterocycles. The topological polar surface area (TPSA) is 0 Å². The summed E-state index contributed by atoms with van der Waals surface area (Å²) >= 11 is 6.90. The first kappa shape index (κ1) is 24.6. The first-order chi connectivity index (χ1) is 18.1. The molecule has 0 N–H and O–H groups in total. The molecule has 5 rings (SSSR count). The van der Waals surface area contributed by atoms with Crippen molar-refractivity contribution in [3.8, 4) is 22.3 Å². The third-order valence-corrected chi connectivity index (χ3v) is 7.14. The lowest BCUT2D eigenvalue weighted by molar-refractivity contribution is 1.15. The van der Waals surface area contributed by atoms with Crippen LogP contribution in [-0.4, -0.2) is 0 Å². The normalized spacial score (nSPS) is 10.7. The molecule has 0 aliphatic carbocycles. The van der Waals surface area contributed by atoms with E-state index in [4.69, 9.17) is 11.6 Å². The van der Waals surface area contributed by atoms with E-state index < -0.39 is 0 Å². The van der Waals surface area contributed by atoms with Crippen molar-refractivity contribution >= 4 is 23.8 Å². The van der Waals surface area contributed by atoms with Crippen LogP contribution >= 0.6 is 11.6 Å². The van der Waals surface area contributed by atoms with Crippen molar-refractivity contribution in [2.75, 3.05) is 0 Å². The van der Waals surface area contributed by atoms with E-state index in [-0.39, 0.29) is 0 Å². The predicted molar refractivity (Wildman–Crippen MR) is 161 cm³/mol. The van der Waals surface area contributed by atoms with Gasteiger partial charge in [-0.05, 0) is 74.5 Å². The number of benzene rings is 5. The second-order valence-electron chi connectivity index (χ2n) is 9.25. The highest BCUT2D eigenvalue weighted by atomic mass is 35.5. The van der Waals surface area contributed by atoms with Gasteiger partial charge in [0, 0.05) is 5.02 Å². The fourth-order valence-electron chi connectivity index (χ4n) is 4.84. The lowest BCUT2D eigenvalue weighted by atomic mass is 9.91. The van der Waals surface area contributed by atoms with Crippen LogP contribution in [0.15, 0.2) is 128 Å². The van der Waals surface area contributed by atoms with Crippen molar-refractivity contribution in [1.29, 1.82) is 0 Å². The molecule has 0 amide bonds.